The summed E-state index contributed by atoms with van der Waals surface area (Å²) in [4.78, 5) is 0. The number of hydrogen-bond acceptors (Lipinski definition) is 3. The van der Waals surface area contributed by atoms with Crippen LogP contribution >= 0.6 is 15.9 Å². The van der Waals surface area contributed by atoms with E-state index in [0.29, 0.717) is 18.0 Å². The molecule has 0 bridgehead atoms. The smallest absolute Gasteiger partial charge is 0.138 e. The molecule has 0 amide bonds. The first-order valence-corrected chi connectivity index (χ1v) is 8.28. The largest absolute Gasteiger partial charge is 0.361 e. The summed E-state index contributed by atoms with van der Waals surface area (Å²) in [5, 5.41) is 7.74. The average Bonchev–Trinajstić information content (AvgIpc) is 2.74. The number of nitrogens with one attached hydrogen (secondary N) is 1. The number of hydrogen-bond donors (Lipinski definition) is 1. The average molecular weight is 349 g/mol. The Bertz CT molecular complexity index is 595. The maximum atomic E-state index is 5.26. The van der Waals surface area contributed by atoms with Gasteiger partial charge >= 0.3 is 0 Å². The molecule has 0 saturated heterocycles. The van der Waals surface area contributed by atoms with Gasteiger partial charge in [-0.2, -0.15) is 0 Å². The van der Waals surface area contributed by atoms with E-state index >= 15 is 0 Å². The van der Waals surface area contributed by atoms with Crippen LogP contribution in [0, 0.1) is 13.8 Å². The molecule has 1 aliphatic carbocycles. The maximum absolute atomic E-state index is 5.26. The van der Waals surface area contributed by atoms with Gasteiger partial charge in [0.15, 0.2) is 0 Å². The molecule has 1 aromatic carbocycles. The summed E-state index contributed by atoms with van der Waals surface area (Å²) in [5.74, 6) is 1.61. The van der Waals surface area contributed by atoms with E-state index in [1.54, 1.807) is 0 Å². The molecule has 1 atom stereocenters. The summed E-state index contributed by atoms with van der Waals surface area (Å²) < 4.78 is 6.40. The summed E-state index contributed by atoms with van der Waals surface area (Å²) in [6.45, 7) is 6.19. The van der Waals surface area contributed by atoms with Crippen LogP contribution in [0.15, 0.2) is 33.3 Å². The zero-order valence-corrected chi connectivity index (χ0v) is 14.3. The van der Waals surface area contributed by atoms with Crippen LogP contribution < -0.4 is 5.32 Å². The first-order valence-electron chi connectivity index (χ1n) is 7.49. The van der Waals surface area contributed by atoms with Gasteiger partial charge in [-0.1, -0.05) is 33.2 Å². The number of nitrogens with zero attached hydrogens (tertiary/aromatic N) is 1. The van der Waals surface area contributed by atoms with Gasteiger partial charge in [0.2, 0.25) is 0 Å². The minimum Gasteiger partial charge on any atom is -0.361 e. The van der Waals surface area contributed by atoms with Crippen LogP contribution in [0.3, 0.4) is 0 Å². The SMILES string of the molecule is Cc1noc(C)c1C(C)NC1CC(c2ccc(Br)cc2)C1. The third-order valence-corrected chi connectivity index (χ3v) is 5.02. The molecule has 1 saturated carbocycles. The minimum atomic E-state index is 0.298. The second kappa shape index (κ2) is 5.93. The Hall–Kier alpha value is -1.13. The van der Waals surface area contributed by atoms with Crippen molar-refractivity contribution in [1.82, 2.24) is 10.5 Å². The van der Waals surface area contributed by atoms with Crippen LogP contribution in [0.5, 0.6) is 0 Å². The normalized spacial score (nSPS) is 22.9. The van der Waals surface area contributed by atoms with E-state index in [4.69, 9.17) is 4.52 Å². The van der Waals surface area contributed by atoms with Gasteiger partial charge in [-0.15, -0.1) is 0 Å². The summed E-state index contributed by atoms with van der Waals surface area (Å²) >= 11 is 3.49. The minimum absolute atomic E-state index is 0.298. The van der Waals surface area contributed by atoms with Crippen molar-refractivity contribution in [2.24, 2.45) is 0 Å². The third-order valence-electron chi connectivity index (χ3n) is 4.49. The molecule has 21 heavy (non-hydrogen) atoms. The van der Waals surface area contributed by atoms with Crippen LogP contribution in [-0.4, -0.2) is 11.2 Å². The maximum Gasteiger partial charge on any atom is 0.138 e. The van der Waals surface area contributed by atoms with Crippen LogP contribution in [-0.2, 0) is 0 Å². The summed E-state index contributed by atoms with van der Waals surface area (Å²) in [6.07, 6.45) is 2.41. The molecule has 1 aliphatic rings. The Balaban J connectivity index is 1.56. The predicted molar refractivity (Wildman–Crippen MR) is 87.4 cm³/mol. The Labute approximate surface area is 134 Å². The van der Waals surface area contributed by atoms with Gasteiger partial charge in [-0.25, -0.2) is 0 Å². The predicted octanol–water partition coefficient (Wildman–Crippen LogP) is 4.65. The fourth-order valence-corrected chi connectivity index (χ4v) is 3.57. The van der Waals surface area contributed by atoms with Gasteiger partial charge in [0.05, 0.1) is 5.69 Å². The quantitative estimate of drug-likeness (QED) is 0.873. The lowest BCUT2D eigenvalue weighted by molar-refractivity contribution is 0.269. The van der Waals surface area contributed by atoms with Gasteiger partial charge in [0, 0.05) is 22.1 Å². The molecule has 1 fully saturated rings. The molecule has 0 aliphatic heterocycles. The van der Waals surface area contributed by atoms with Crippen molar-refractivity contribution in [2.75, 3.05) is 0 Å². The molecule has 1 heterocycles. The number of benzene rings is 1. The van der Waals surface area contributed by atoms with Crippen LogP contribution in [0.25, 0.3) is 0 Å². The van der Waals surface area contributed by atoms with Gasteiger partial charge in [0.25, 0.3) is 0 Å². The van der Waals surface area contributed by atoms with Crippen LogP contribution in [0.2, 0.25) is 0 Å². The van der Waals surface area contributed by atoms with Crippen molar-refractivity contribution < 1.29 is 4.52 Å². The molecule has 0 spiro atoms. The highest BCUT2D eigenvalue weighted by atomic mass is 79.9. The van der Waals surface area contributed by atoms with Gasteiger partial charge < -0.3 is 9.84 Å². The van der Waals surface area contributed by atoms with E-state index in [1.807, 2.05) is 13.8 Å². The van der Waals surface area contributed by atoms with E-state index in [1.165, 1.54) is 24.0 Å². The van der Waals surface area contributed by atoms with Crippen molar-refractivity contribution in [3.05, 3.63) is 51.3 Å². The molecule has 1 N–H and O–H groups in total. The third kappa shape index (κ3) is 3.06. The van der Waals surface area contributed by atoms with Gasteiger partial charge in [0.1, 0.15) is 5.76 Å². The van der Waals surface area contributed by atoms with E-state index < -0.39 is 0 Å². The zero-order valence-electron chi connectivity index (χ0n) is 12.7. The van der Waals surface area contributed by atoms with E-state index in [-0.39, 0.29) is 0 Å². The molecule has 112 valence electrons. The van der Waals surface area contributed by atoms with Crippen molar-refractivity contribution >= 4 is 15.9 Å². The van der Waals surface area contributed by atoms with E-state index in [9.17, 15) is 0 Å². The van der Waals surface area contributed by atoms with Crippen molar-refractivity contribution in [3.63, 3.8) is 0 Å². The highest BCUT2D eigenvalue weighted by Crippen LogP contribution is 2.38. The van der Waals surface area contributed by atoms with E-state index in [2.05, 4.69) is 57.6 Å². The summed E-state index contributed by atoms with van der Waals surface area (Å²) in [6, 6.07) is 9.59. The molecular formula is C17H21BrN2O. The summed E-state index contributed by atoms with van der Waals surface area (Å²) in [7, 11) is 0. The molecule has 2 aromatic rings. The highest BCUT2D eigenvalue weighted by Gasteiger charge is 2.32. The number of aryl methyl sites for hydroxylation is 2. The molecule has 1 aromatic heterocycles. The first-order chi connectivity index (χ1) is 10.0. The second-order valence-corrected chi connectivity index (χ2v) is 6.96. The Morgan fingerprint density at radius 3 is 2.48 bits per heavy atom. The van der Waals surface area contributed by atoms with Crippen molar-refractivity contribution in [1.29, 1.82) is 0 Å². The number of aromatic nitrogens is 1. The first kappa shape index (κ1) is 14.8. The Kier molecular flexibility index (Phi) is 4.18. The van der Waals surface area contributed by atoms with E-state index in [0.717, 1.165) is 15.9 Å². The van der Waals surface area contributed by atoms with Crippen molar-refractivity contribution in [3.8, 4) is 0 Å². The Morgan fingerprint density at radius 2 is 1.90 bits per heavy atom. The molecule has 0 radical (unpaired) electrons. The van der Waals surface area contributed by atoms with Crippen molar-refractivity contribution in [2.45, 2.75) is 51.6 Å². The molecule has 3 nitrogen and oxygen atoms in total. The fraction of sp³-hybridized carbons (Fsp3) is 0.471. The lowest BCUT2D eigenvalue weighted by atomic mass is 9.75. The molecular weight excluding hydrogens is 328 g/mol. The standard InChI is InChI=1S/C17H21BrN2O/c1-10(17-11(2)20-21-12(17)3)19-16-8-14(9-16)13-4-6-15(18)7-5-13/h4-7,10,14,16,19H,8-9H2,1-3H3. The van der Waals surface area contributed by atoms with Gasteiger partial charge in [-0.05, 0) is 57.2 Å². The molecule has 4 heteroatoms. The monoisotopic (exact) mass is 348 g/mol. The summed E-state index contributed by atoms with van der Waals surface area (Å²) in [5.41, 5.74) is 3.65. The molecule has 1 unspecified atom stereocenters. The lowest BCUT2D eigenvalue weighted by Gasteiger charge is -2.38. The lowest BCUT2D eigenvalue weighted by Crippen LogP contribution is -2.41. The molecule has 3 rings (SSSR count). The number of halogens is 1. The topological polar surface area (TPSA) is 38.1 Å². The van der Waals surface area contributed by atoms with Crippen LogP contribution in [0.1, 0.15) is 54.3 Å². The zero-order chi connectivity index (χ0) is 15.0. The highest BCUT2D eigenvalue weighted by molar-refractivity contribution is 9.10. The Morgan fingerprint density at radius 1 is 1.24 bits per heavy atom. The second-order valence-electron chi connectivity index (χ2n) is 6.04. The fourth-order valence-electron chi connectivity index (χ4n) is 3.31. The van der Waals surface area contributed by atoms with Gasteiger partial charge in [-0.3, -0.25) is 0 Å². The van der Waals surface area contributed by atoms with Crippen LogP contribution in [0.4, 0.5) is 0 Å². The number of rotatable bonds is 4.